The van der Waals surface area contributed by atoms with Crippen molar-refractivity contribution < 1.29 is 9.53 Å². The standard InChI is InChI=1S/C24H21N3O2/c1-17-24(26-21-15-9-8-14-20(21)25-17)29-16-22(28)27-23(18-10-4-2-5-11-18)19-12-6-3-7-13-19/h2-15,23H,16H2,1H3,(H,27,28). The van der Waals surface area contributed by atoms with Crippen LogP contribution in [0, 0.1) is 6.92 Å². The molecule has 1 amide bonds. The van der Waals surface area contributed by atoms with Gasteiger partial charge in [0.2, 0.25) is 5.88 Å². The molecule has 5 heteroatoms. The van der Waals surface area contributed by atoms with Crippen molar-refractivity contribution >= 4 is 16.9 Å². The zero-order valence-electron chi connectivity index (χ0n) is 16.1. The lowest BCUT2D eigenvalue weighted by Crippen LogP contribution is -2.33. The molecule has 1 N–H and O–H groups in total. The lowest BCUT2D eigenvalue weighted by atomic mass is 9.99. The van der Waals surface area contributed by atoms with Crippen LogP contribution < -0.4 is 10.1 Å². The molecular formula is C24H21N3O2. The molecule has 4 aromatic rings. The van der Waals surface area contributed by atoms with Gasteiger partial charge < -0.3 is 10.1 Å². The summed E-state index contributed by atoms with van der Waals surface area (Å²) in [5, 5.41) is 3.06. The molecule has 0 radical (unpaired) electrons. The van der Waals surface area contributed by atoms with E-state index in [9.17, 15) is 4.79 Å². The average Bonchev–Trinajstić information content (AvgIpc) is 2.77. The number of nitrogens with zero attached hydrogens (tertiary/aromatic N) is 2. The van der Waals surface area contributed by atoms with Crippen LogP contribution >= 0.6 is 0 Å². The molecule has 0 bridgehead atoms. The number of benzene rings is 3. The number of amides is 1. The topological polar surface area (TPSA) is 64.1 Å². The zero-order valence-corrected chi connectivity index (χ0v) is 16.1. The van der Waals surface area contributed by atoms with E-state index in [0.717, 1.165) is 22.2 Å². The number of carbonyl (C=O) groups excluding carboxylic acids is 1. The second-order valence-corrected chi connectivity index (χ2v) is 6.71. The van der Waals surface area contributed by atoms with Gasteiger partial charge in [0.1, 0.15) is 5.69 Å². The highest BCUT2D eigenvalue weighted by atomic mass is 16.5. The van der Waals surface area contributed by atoms with Gasteiger partial charge in [-0.15, -0.1) is 0 Å². The fraction of sp³-hybridized carbons (Fsp3) is 0.125. The summed E-state index contributed by atoms with van der Waals surface area (Å²) in [4.78, 5) is 21.6. The number of nitrogens with one attached hydrogen (secondary N) is 1. The summed E-state index contributed by atoms with van der Waals surface area (Å²) in [6.07, 6.45) is 0. The predicted molar refractivity (Wildman–Crippen MR) is 113 cm³/mol. The summed E-state index contributed by atoms with van der Waals surface area (Å²) >= 11 is 0. The second-order valence-electron chi connectivity index (χ2n) is 6.71. The molecule has 5 nitrogen and oxygen atoms in total. The van der Waals surface area contributed by atoms with Crippen molar-refractivity contribution in [3.63, 3.8) is 0 Å². The molecule has 3 aromatic carbocycles. The first-order valence-electron chi connectivity index (χ1n) is 9.46. The van der Waals surface area contributed by atoms with Crippen molar-refractivity contribution in [1.82, 2.24) is 15.3 Å². The Labute approximate surface area is 169 Å². The van der Waals surface area contributed by atoms with Crippen molar-refractivity contribution in [1.29, 1.82) is 0 Å². The fourth-order valence-corrected chi connectivity index (χ4v) is 3.20. The number of hydrogen-bond acceptors (Lipinski definition) is 4. The number of carbonyl (C=O) groups is 1. The maximum atomic E-state index is 12.7. The van der Waals surface area contributed by atoms with Gasteiger partial charge in [-0.05, 0) is 30.2 Å². The number of ether oxygens (including phenoxy) is 1. The number of aromatic nitrogens is 2. The van der Waals surface area contributed by atoms with E-state index < -0.39 is 0 Å². The van der Waals surface area contributed by atoms with Crippen LogP contribution in [0.1, 0.15) is 22.9 Å². The quantitative estimate of drug-likeness (QED) is 0.541. The molecule has 144 valence electrons. The van der Waals surface area contributed by atoms with E-state index in [2.05, 4.69) is 15.3 Å². The minimum absolute atomic E-state index is 0.135. The lowest BCUT2D eigenvalue weighted by Gasteiger charge is -2.20. The Morgan fingerprint density at radius 1 is 0.828 bits per heavy atom. The van der Waals surface area contributed by atoms with Gasteiger partial charge in [0, 0.05) is 0 Å². The monoisotopic (exact) mass is 383 g/mol. The highest BCUT2D eigenvalue weighted by molar-refractivity contribution is 5.79. The van der Waals surface area contributed by atoms with Gasteiger partial charge in [-0.2, -0.15) is 0 Å². The Balaban J connectivity index is 1.50. The van der Waals surface area contributed by atoms with E-state index in [1.54, 1.807) is 0 Å². The van der Waals surface area contributed by atoms with Gasteiger partial charge in [-0.3, -0.25) is 4.79 Å². The third-order valence-corrected chi connectivity index (χ3v) is 4.61. The van der Waals surface area contributed by atoms with Gasteiger partial charge in [-0.1, -0.05) is 72.8 Å². The number of rotatable bonds is 6. The normalized spacial score (nSPS) is 10.8. The molecule has 0 aliphatic rings. The minimum Gasteiger partial charge on any atom is -0.466 e. The van der Waals surface area contributed by atoms with E-state index in [0.29, 0.717) is 11.6 Å². The van der Waals surface area contributed by atoms with Crippen molar-refractivity contribution in [3.05, 3.63) is 102 Å². The third kappa shape index (κ3) is 4.41. The van der Waals surface area contributed by atoms with Gasteiger partial charge in [0.05, 0.1) is 17.1 Å². The minimum atomic E-state index is -0.253. The van der Waals surface area contributed by atoms with Gasteiger partial charge in [-0.25, -0.2) is 9.97 Å². The third-order valence-electron chi connectivity index (χ3n) is 4.61. The largest absolute Gasteiger partial charge is 0.466 e. The van der Waals surface area contributed by atoms with Crippen molar-refractivity contribution in [2.75, 3.05) is 6.61 Å². The highest BCUT2D eigenvalue weighted by Crippen LogP contribution is 2.22. The Morgan fingerprint density at radius 3 is 1.93 bits per heavy atom. The van der Waals surface area contributed by atoms with Crippen molar-refractivity contribution in [2.45, 2.75) is 13.0 Å². The Hall–Kier alpha value is -3.73. The summed E-state index contributed by atoms with van der Waals surface area (Å²) in [6, 6.07) is 27.1. The van der Waals surface area contributed by atoms with Crippen LogP contribution in [-0.4, -0.2) is 22.5 Å². The predicted octanol–water partition coefficient (Wildman–Crippen LogP) is 4.22. The van der Waals surface area contributed by atoms with Crippen LogP contribution in [0.25, 0.3) is 11.0 Å². The second kappa shape index (κ2) is 8.52. The highest BCUT2D eigenvalue weighted by Gasteiger charge is 2.17. The van der Waals surface area contributed by atoms with Gasteiger partial charge >= 0.3 is 0 Å². The molecule has 1 aromatic heterocycles. The fourth-order valence-electron chi connectivity index (χ4n) is 3.20. The zero-order chi connectivity index (χ0) is 20.1. The number of aryl methyl sites for hydroxylation is 1. The summed E-state index contributed by atoms with van der Waals surface area (Å²) in [6.45, 7) is 1.69. The maximum Gasteiger partial charge on any atom is 0.258 e. The van der Waals surface area contributed by atoms with E-state index in [-0.39, 0.29) is 18.6 Å². The summed E-state index contributed by atoms with van der Waals surface area (Å²) < 4.78 is 5.69. The Bertz CT molecular complexity index is 1080. The van der Waals surface area contributed by atoms with E-state index in [1.807, 2.05) is 91.9 Å². The maximum absolute atomic E-state index is 12.7. The Morgan fingerprint density at radius 2 is 1.34 bits per heavy atom. The van der Waals surface area contributed by atoms with Crippen LogP contribution in [-0.2, 0) is 4.79 Å². The van der Waals surface area contributed by atoms with Crippen LogP contribution in [0.4, 0.5) is 0 Å². The average molecular weight is 383 g/mol. The summed E-state index contributed by atoms with van der Waals surface area (Å²) in [5.41, 5.74) is 4.21. The van der Waals surface area contributed by atoms with E-state index in [1.165, 1.54) is 0 Å². The number of hydrogen-bond donors (Lipinski definition) is 1. The Kier molecular flexibility index (Phi) is 5.47. The first-order valence-corrected chi connectivity index (χ1v) is 9.46. The molecule has 1 heterocycles. The summed E-state index contributed by atoms with van der Waals surface area (Å²) in [7, 11) is 0. The molecular weight excluding hydrogens is 362 g/mol. The van der Waals surface area contributed by atoms with E-state index >= 15 is 0 Å². The summed E-state index contributed by atoms with van der Waals surface area (Å²) in [5.74, 6) is 0.145. The SMILES string of the molecule is Cc1nc2ccccc2nc1OCC(=O)NC(c1ccccc1)c1ccccc1. The molecule has 0 saturated heterocycles. The van der Waals surface area contributed by atoms with Gasteiger partial charge in [0.25, 0.3) is 5.91 Å². The smallest absolute Gasteiger partial charge is 0.258 e. The van der Waals surface area contributed by atoms with Crippen LogP contribution in [0.3, 0.4) is 0 Å². The van der Waals surface area contributed by atoms with Crippen molar-refractivity contribution in [2.24, 2.45) is 0 Å². The van der Waals surface area contributed by atoms with Crippen molar-refractivity contribution in [3.8, 4) is 5.88 Å². The molecule has 0 fully saturated rings. The molecule has 0 spiro atoms. The first-order chi connectivity index (χ1) is 14.2. The molecule has 0 aliphatic carbocycles. The molecule has 0 saturated carbocycles. The van der Waals surface area contributed by atoms with E-state index in [4.69, 9.17) is 4.74 Å². The van der Waals surface area contributed by atoms with Crippen LogP contribution in [0.2, 0.25) is 0 Å². The molecule has 0 atom stereocenters. The molecule has 4 rings (SSSR count). The van der Waals surface area contributed by atoms with Gasteiger partial charge in [0.15, 0.2) is 6.61 Å². The number of fused-ring (bicyclic) bond motifs is 1. The number of para-hydroxylation sites is 2. The lowest BCUT2D eigenvalue weighted by molar-refractivity contribution is -0.123. The van der Waals surface area contributed by atoms with Crippen LogP contribution in [0.5, 0.6) is 5.88 Å². The van der Waals surface area contributed by atoms with Crippen LogP contribution in [0.15, 0.2) is 84.9 Å². The molecule has 0 aliphatic heterocycles. The first kappa shape index (κ1) is 18.6. The molecule has 0 unspecified atom stereocenters. The molecule has 29 heavy (non-hydrogen) atoms.